The second-order valence-electron chi connectivity index (χ2n) is 6.97. The van der Waals surface area contributed by atoms with Crippen LogP contribution in [0, 0.1) is 11.5 Å². The van der Waals surface area contributed by atoms with Gasteiger partial charge < -0.3 is 10.2 Å². The van der Waals surface area contributed by atoms with E-state index in [-0.39, 0.29) is 6.61 Å². The molecule has 0 heterocycles. The summed E-state index contributed by atoms with van der Waals surface area (Å²) in [7, 11) is -1.70. The monoisotopic (exact) mass is 318 g/mol. The fourth-order valence-corrected chi connectivity index (χ4v) is 8.73. The summed E-state index contributed by atoms with van der Waals surface area (Å²) >= 11 is 0. The van der Waals surface area contributed by atoms with E-state index in [1.807, 2.05) is 24.3 Å². The molecule has 1 aromatic rings. The van der Waals surface area contributed by atoms with Crippen molar-refractivity contribution in [1.29, 1.82) is 0 Å². The van der Waals surface area contributed by atoms with Crippen molar-refractivity contribution in [2.24, 2.45) is 0 Å². The van der Waals surface area contributed by atoms with Crippen molar-refractivity contribution < 1.29 is 10.2 Å². The maximum absolute atomic E-state index is 9.62. The summed E-state index contributed by atoms with van der Waals surface area (Å²) in [5.41, 5.74) is 7.26. The topological polar surface area (TPSA) is 40.5 Å². The highest BCUT2D eigenvalue weighted by atomic mass is 28.3. The molecule has 3 heteroatoms. The van der Waals surface area contributed by atoms with Crippen LogP contribution in [0.4, 0.5) is 0 Å². The highest BCUT2D eigenvalue weighted by Gasteiger charge is 2.41. The second-order valence-corrected chi connectivity index (χ2v) is 12.5. The van der Waals surface area contributed by atoms with Crippen LogP contribution < -0.4 is 0 Å². The van der Waals surface area contributed by atoms with Gasteiger partial charge in [-0.1, -0.05) is 59.6 Å². The normalized spacial score (nSPS) is 13.4. The Bertz CT molecular complexity index is 499. The van der Waals surface area contributed by atoms with Crippen molar-refractivity contribution in [1.82, 2.24) is 0 Å². The molecule has 0 radical (unpaired) electrons. The van der Waals surface area contributed by atoms with Gasteiger partial charge in [0.25, 0.3) is 0 Å². The summed E-state index contributed by atoms with van der Waals surface area (Å²) in [4.78, 5) is 0. The SMILES string of the molecule is CC(C)[Si](C#Cc1ccc([C@@H](O)CO)cc1)(C(C)C)C(C)C. The van der Waals surface area contributed by atoms with Crippen LogP contribution >= 0.6 is 0 Å². The van der Waals surface area contributed by atoms with E-state index < -0.39 is 14.2 Å². The van der Waals surface area contributed by atoms with Crippen LogP contribution in [0.15, 0.2) is 24.3 Å². The zero-order valence-corrected chi connectivity index (χ0v) is 15.7. The van der Waals surface area contributed by atoms with Crippen molar-refractivity contribution in [3.63, 3.8) is 0 Å². The first-order chi connectivity index (χ1) is 10.3. The number of hydrogen-bond acceptors (Lipinski definition) is 2. The Kier molecular flexibility index (Phi) is 6.86. The van der Waals surface area contributed by atoms with Crippen molar-refractivity contribution in [3.05, 3.63) is 35.4 Å². The van der Waals surface area contributed by atoms with Gasteiger partial charge in [0.1, 0.15) is 14.2 Å². The quantitative estimate of drug-likeness (QED) is 0.628. The highest BCUT2D eigenvalue weighted by Crippen LogP contribution is 2.40. The molecule has 0 aromatic heterocycles. The van der Waals surface area contributed by atoms with Crippen molar-refractivity contribution in [2.45, 2.75) is 64.3 Å². The van der Waals surface area contributed by atoms with Gasteiger partial charge in [-0.05, 0) is 34.3 Å². The third-order valence-corrected chi connectivity index (χ3v) is 11.0. The van der Waals surface area contributed by atoms with Crippen LogP contribution in [0.1, 0.15) is 58.8 Å². The van der Waals surface area contributed by atoms with Gasteiger partial charge in [0.05, 0.1) is 6.61 Å². The molecule has 122 valence electrons. The lowest BCUT2D eigenvalue weighted by Gasteiger charge is -2.38. The third-order valence-electron chi connectivity index (χ3n) is 4.76. The molecule has 0 aliphatic carbocycles. The maximum atomic E-state index is 9.62. The first kappa shape index (κ1) is 19.0. The van der Waals surface area contributed by atoms with Gasteiger partial charge in [-0.15, -0.1) is 5.54 Å². The first-order valence-corrected chi connectivity index (χ1v) is 10.4. The van der Waals surface area contributed by atoms with Gasteiger partial charge in [-0.2, -0.15) is 0 Å². The van der Waals surface area contributed by atoms with E-state index in [9.17, 15) is 5.11 Å². The van der Waals surface area contributed by atoms with Crippen LogP contribution in [-0.4, -0.2) is 24.9 Å². The molecule has 0 spiro atoms. The van der Waals surface area contributed by atoms with E-state index in [1.54, 1.807) is 0 Å². The summed E-state index contributed by atoms with van der Waals surface area (Å²) in [6, 6.07) is 7.55. The molecular weight excluding hydrogens is 288 g/mol. The summed E-state index contributed by atoms with van der Waals surface area (Å²) in [5.74, 6) is 3.38. The molecular formula is C19H30O2Si. The lowest BCUT2D eigenvalue weighted by atomic mass is 10.1. The zero-order chi connectivity index (χ0) is 16.9. The van der Waals surface area contributed by atoms with E-state index in [1.165, 1.54) is 0 Å². The van der Waals surface area contributed by atoms with Crippen LogP contribution in [0.2, 0.25) is 16.6 Å². The first-order valence-electron chi connectivity index (χ1n) is 8.17. The Morgan fingerprint density at radius 1 is 0.909 bits per heavy atom. The van der Waals surface area contributed by atoms with Gasteiger partial charge in [0.2, 0.25) is 0 Å². The minimum absolute atomic E-state index is 0.255. The average molecular weight is 319 g/mol. The molecule has 0 aliphatic rings. The Labute approximate surface area is 136 Å². The molecule has 0 bridgehead atoms. The maximum Gasteiger partial charge on any atom is 0.146 e. The fourth-order valence-electron chi connectivity index (χ4n) is 3.51. The van der Waals surface area contributed by atoms with E-state index in [4.69, 9.17) is 5.11 Å². The van der Waals surface area contributed by atoms with Crippen molar-refractivity contribution >= 4 is 8.07 Å². The predicted molar refractivity (Wildman–Crippen MR) is 96.4 cm³/mol. The smallest absolute Gasteiger partial charge is 0.146 e. The Balaban J connectivity index is 3.13. The van der Waals surface area contributed by atoms with E-state index >= 15 is 0 Å². The van der Waals surface area contributed by atoms with E-state index in [0.717, 1.165) is 11.1 Å². The van der Waals surface area contributed by atoms with Gasteiger partial charge in [0, 0.05) is 5.56 Å². The molecule has 2 N–H and O–H groups in total. The molecule has 1 atom stereocenters. The van der Waals surface area contributed by atoms with Crippen LogP contribution in [0.25, 0.3) is 0 Å². The molecule has 0 amide bonds. The second kappa shape index (κ2) is 7.96. The lowest BCUT2D eigenvalue weighted by molar-refractivity contribution is 0.0956. The molecule has 1 aromatic carbocycles. The lowest BCUT2D eigenvalue weighted by Crippen LogP contribution is -2.43. The van der Waals surface area contributed by atoms with Gasteiger partial charge in [0.15, 0.2) is 0 Å². The largest absolute Gasteiger partial charge is 0.393 e. The Morgan fingerprint density at radius 3 is 1.73 bits per heavy atom. The third kappa shape index (κ3) is 4.01. The number of aliphatic hydroxyl groups is 2. The summed E-state index contributed by atoms with van der Waals surface area (Å²) in [6.07, 6.45) is -0.808. The van der Waals surface area contributed by atoms with Gasteiger partial charge in [-0.3, -0.25) is 0 Å². The molecule has 1 rings (SSSR count). The number of rotatable bonds is 5. The van der Waals surface area contributed by atoms with Crippen LogP contribution in [-0.2, 0) is 0 Å². The number of benzene rings is 1. The molecule has 0 aliphatic heterocycles. The van der Waals surface area contributed by atoms with Crippen LogP contribution in [0.5, 0.6) is 0 Å². The van der Waals surface area contributed by atoms with Gasteiger partial charge in [-0.25, -0.2) is 0 Å². The Hall–Kier alpha value is -1.08. The van der Waals surface area contributed by atoms with Crippen molar-refractivity contribution in [2.75, 3.05) is 6.61 Å². The average Bonchev–Trinajstić information content (AvgIpc) is 2.46. The van der Waals surface area contributed by atoms with E-state index in [2.05, 4.69) is 53.0 Å². The number of aliphatic hydroxyl groups excluding tert-OH is 2. The molecule has 22 heavy (non-hydrogen) atoms. The molecule has 0 unspecified atom stereocenters. The highest BCUT2D eigenvalue weighted by molar-refractivity contribution is 6.90. The minimum atomic E-state index is -1.70. The molecule has 0 saturated heterocycles. The molecule has 2 nitrogen and oxygen atoms in total. The van der Waals surface area contributed by atoms with Gasteiger partial charge >= 0.3 is 0 Å². The summed E-state index contributed by atoms with van der Waals surface area (Å²) in [6.45, 7) is 13.6. The van der Waals surface area contributed by atoms with E-state index in [0.29, 0.717) is 16.6 Å². The van der Waals surface area contributed by atoms with Crippen LogP contribution in [0.3, 0.4) is 0 Å². The predicted octanol–water partition coefficient (Wildman–Crippen LogP) is 4.28. The standard InChI is InChI=1S/C19H30O2Si/c1-14(2)22(15(3)4,16(5)6)12-11-17-7-9-18(10-8-17)19(21)13-20/h7-10,14-16,19-21H,13H2,1-6H3/t19-/m0/s1. The van der Waals surface area contributed by atoms with Crippen molar-refractivity contribution in [3.8, 4) is 11.5 Å². The molecule has 0 fully saturated rings. The number of hydrogen-bond donors (Lipinski definition) is 2. The molecule has 0 saturated carbocycles. The summed E-state index contributed by atoms with van der Waals surface area (Å²) < 4.78 is 0. The zero-order valence-electron chi connectivity index (χ0n) is 14.7. The fraction of sp³-hybridized carbons (Fsp3) is 0.579. The minimum Gasteiger partial charge on any atom is -0.393 e. The Morgan fingerprint density at radius 2 is 1.36 bits per heavy atom. The summed E-state index contributed by atoms with van der Waals surface area (Å²) in [5, 5.41) is 18.6.